The normalized spacial score (nSPS) is 15.0. The molecule has 1 aliphatic carbocycles. The van der Waals surface area contributed by atoms with Gasteiger partial charge in [-0.05, 0) is 30.5 Å². The summed E-state index contributed by atoms with van der Waals surface area (Å²) in [6.45, 7) is 0.415. The molecule has 1 aromatic carbocycles. The number of imidazole rings is 1. The first-order chi connectivity index (χ1) is 8.65. The molecule has 0 aliphatic heterocycles. The van der Waals surface area contributed by atoms with Crippen LogP contribution in [0.5, 0.6) is 0 Å². The third-order valence-electron chi connectivity index (χ3n) is 3.15. The minimum Gasteiger partial charge on any atom is -0.296 e. The van der Waals surface area contributed by atoms with Gasteiger partial charge in [-0.2, -0.15) is 0 Å². The van der Waals surface area contributed by atoms with Crippen molar-refractivity contribution in [2.45, 2.75) is 25.4 Å². The molecule has 2 aromatic rings. The van der Waals surface area contributed by atoms with Crippen LogP contribution in [-0.4, -0.2) is 9.13 Å². The molecule has 1 fully saturated rings. The van der Waals surface area contributed by atoms with Gasteiger partial charge >= 0.3 is 5.69 Å². The van der Waals surface area contributed by atoms with Gasteiger partial charge in [0.1, 0.15) is 5.82 Å². The zero-order valence-electron chi connectivity index (χ0n) is 9.64. The van der Waals surface area contributed by atoms with Crippen LogP contribution in [0.25, 0.3) is 0 Å². The summed E-state index contributed by atoms with van der Waals surface area (Å²) in [6.07, 6.45) is 5.72. The van der Waals surface area contributed by atoms with E-state index in [9.17, 15) is 9.18 Å². The topological polar surface area (TPSA) is 26.9 Å². The van der Waals surface area contributed by atoms with Gasteiger partial charge in [0.25, 0.3) is 0 Å². The second-order valence-electron chi connectivity index (χ2n) is 4.60. The highest BCUT2D eigenvalue weighted by atomic mass is 35.5. The number of halogens is 2. The molecule has 3 rings (SSSR count). The van der Waals surface area contributed by atoms with Crippen LogP contribution in [0.2, 0.25) is 5.02 Å². The van der Waals surface area contributed by atoms with Crippen molar-refractivity contribution in [3.63, 3.8) is 0 Å². The summed E-state index contributed by atoms with van der Waals surface area (Å²) in [4.78, 5) is 12.0. The van der Waals surface area contributed by atoms with Crippen LogP contribution in [0, 0.1) is 5.82 Å². The van der Waals surface area contributed by atoms with Gasteiger partial charge in [0.2, 0.25) is 0 Å². The lowest BCUT2D eigenvalue weighted by Gasteiger charge is -2.03. The number of benzene rings is 1. The van der Waals surface area contributed by atoms with Crippen LogP contribution in [-0.2, 0) is 6.54 Å². The van der Waals surface area contributed by atoms with E-state index in [0.717, 1.165) is 18.4 Å². The molecule has 0 radical (unpaired) electrons. The number of rotatable bonds is 3. The van der Waals surface area contributed by atoms with Crippen molar-refractivity contribution in [1.29, 1.82) is 0 Å². The smallest absolute Gasteiger partial charge is 0.296 e. The van der Waals surface area contributed by atoms with Gasteiger partial charge in [-0.15, -0.1) is 0 Å². The summed E-state index contributed by atoms with van der Waals surface area (Å²) >= 11 is 5.72. The molecular formula is C13H12ClFN2O. The van der Waals surface area contributed by atoms with Gasteiger partial charge in [0.05, 0.1) is 11.6 Å². The fourth-order valence-corrected chi connectivity index (χ4v) is 2.22. The van der Waals surface area contributed by atoms with E-state index < -0.39 is 5.82 Å². The highest BCUT2D eigenvalue weighted by Crippen LogP contribution is 2.33. The molecule has 0 saturated heterocycles. The summed E-state index contributed by atoms with van der Waals surface area (Å²) in [5, 5.41) is 0.0853. The average Bonchev–Trinajstić information content (AvgIpc) is 3.12. The molecule has 1 heterocycles. The Kier molecular flexibility index (Phi) is 2.74. The zero-order valence-corrected chi connectivity index (χ0v) is 10.4. The second-order valence-corrected chi connectivity index (χ2v) is 5.00. The lowest BCUT2D eigenvalue weighted by atomic mass is 10.2. The van der Waals surface area contributed by atoms with Crippen molar-refractivity contribution in [3.8, 4) is 0 Å². The Morgan fingerprint density at radius 3 is 2.78 bits per heavy atom. The fourth-order valence-electron chi connectivity index (χ4n) is 2.01. The van der Waals surface area contributed by atoms with E-state index in [4.69, 9.17) is 11.6 Å². The van der Waals surface area contributed by atoms with Crippen LogP contribution in [0.3, 0.4) is 0 Å². The summed E-state index contributed by atoms with van der Waals surface area (Å²) in [7, 11) is 0. The van der Waals surface area contributed by atoms with E-state index in [1.807, 2.05) is 6.20 Å². The first-order valence-electron chi connectivity index (χ1n) is 5.86. The van der Waals surface area contributed by atoms with Gasteiger partial charge in [0.15, 0.2) is 0 Å². The molecule has 0 spiro atoms. The lowest BCUT2D eigenvalue weighted by molar-refractivity contribution is 0.625. The summed E-state index contributed by atoms with van der Waals surface area (Å²) < 4.78 is 16.4. The Morgan fingerprint density at radius 1 is 1.33 bits per heavy atom. The molecule has 0 unspecified atom stereocenters. The van der Waals surface area contributed by atoms with Crippen LogP contribution in [0.1, 0.15) is 24.4 Å². The third-order valence-corrected chi connectivity index (χ3v) is 3.44. The van der Waals surface area contributed by atoms with Crippen molar-refractivity contribution in [2.24, 2.45) is 0 Å². The molecule has 0 N–H and O–H groups in total. The maximum atomic E-state index is 13.0. The summed E-state index contributed by atoms with van der Waals surface area (Å²) in [5.41, 5.74) is 0.801. The standard InChI is InChI=1S/C13H12ClFN2O/c14-11-7-9(1-4-12(11)15)8-16-5-6-17(13(16)18)10-2-3-10/h1,4-7,10H,2-3,8H2. The van der Waals surface area contributed by atoms with Crippen molar-refractivity contribution < 1.29 is 4.39 Å². The monoisotopic (exact) mass is 266 g/mol. The molecule has 1 saturated carbocycles. The fraction of sp³-hybridized carbons (Fsp3) is 0.308. The average molecular weight is 267 g/mol. The van der Waals surface area contributed by atoms with E-state index in [1.165, 1.54) is 6.07 Å². The second kappa shape index (κ2) is 4.28. The van der Waals surface area contributed by atoms with Crippen LogP contribution in [0.15, 0.2) is 35.4 Å². The van der Waals surface area contributed by atoms with Crippen molar-refractivity contribution in [1.82, 2.24) is 9.13 Å². The molecule has 3 nitrogen and oxygen atoms in total. The van der Waals surface area contributed by atoms with E-state index in [1.54, 1.807) is 27.5 Å². The van der Waals surface area contributed by atoms with Gasteiger partial charge in [0, 0.05) is 18.4 Å². The molecule has 0 amide bonds. The molecule has 0 bridgehead atoms. The van der Waals surface area contributed by atoms with Crippen molar-refractivity contribution >= 4 is 11.6 Å². The molecule has 1 aromatic heterocycles. The van der Waals surface area contributed by atoms with Gasteiger partial charge in [-0.3, -0.25) is 9.13 Å². The molecule has 94 valence electrons. The van der Waals surface area contributed by atoms with Crippen LogP contribution in [0.4, 0.5) is 4.39 Å². The molecular weight excluding hydrogens is 255 g/mol. The van der Waals surface area contributed by atoms with E-state index in [2.05, 4.69) is 0 Å². The van der Waals surface area contributed by atoms with Crippen molar-refractivity contribution in [2.75, 3.05) is 0 Å². The Bertz CT molecular complexity index is 643. The summed E-state index contributed by atoms with van der Waals surface area (Å²) in [5.74, 6) is -0.441. The first kappa shape index (κ1) is 11.5. The highest BCUT2D eigenvalue weighted by Gasteiger charge is 2.25. The largest absolute Gasteiger partial charge is 0.328 e. The minimum atomic E-state index is -0.441. The van der Waals surface area contributed by atoms with E-state index >= 15 is 0 Å². The van der Waals surface area contributed by atoms with Gasteiger partial charge in [-0.25, -0.2) is 9.18 Å². The van der Waals surface area contributed by atoms with Crippen molar-refractivity contribution in [3.05, 3.63) is 57.5 Å². The number of hydrogen-bond donors (Lipinski definition) is 0. The maximum Gasteiger partial charge on any atom is 0.328 e. The predicted octanol–water partition coefficient (Wildman–Crippen LogP) is 2.83. The Morgan fingerprint density at radius 2 is 2.11 bits per heavy atom. The Hall–Kier alpha value is -1.55. The quantitative estimate of drug-likeness (QED) is 0.839. The Labute approximate surface area is 108 Å². The molecule has 1 aliphatic rings. The molecule has 5 heteroatoms. The predicted molar refractivity (Wildman–Crippen MR) is 67.5 cm³/mol. The summed E-state index contributed by atoms with van der Waals surface area (Å²) in [6, 6.07) is 4.89. The van der Waals surface area contributed by atoms with Gasteiger partial charge < -0.3 is 0 Å². The van der Waals surface area contributed by atoms with E-state index in [0.29, 0.717) is 12.6 Å². The first-order valence-corrected chi connectivity index (χ1v) is 6.24. The Balaban J connectivity index is 1.87. The van der Waals surface area contributed by atoms with Crippen LogP contribution >= 0.6 is 11.6 Å². The maximum absolute atomic E-state index is 13.0. The zero-order chi connectivity index (χ0) is 12.7. The number of hydrogen-bond acceptors (Lipinski definition) is 1. The SMILES string of the molecule is O=c1n(Cc2ccc(F)c(Cl)c2)ccn1C1CC1. The number of aromatic nitrogens is 2. The molecule has 18 heavy (non-hydrogen) atoms. The molecule has 0 atom stereocenters. The van der Waals surface area contributed by atoms with Gasteiger partial charge in [-0.1, -0.05) is 17.7 Å². The minimum absolute atomic E-state index is 0.0158. The third kappa shape index (κ3) is 2.08. The number of nitrogens with zero attached hydrogens (tertiary/aromatic N) is 2. The highest BCUT2D eigenvalue weighted by molar-refractivity contribution is 6.30. The van der Waals surface area contributed by atoms with Crippen LogP contribution < -0.4 is 5.69 Å². The van der Waals surface area contributed by atoms with E-state index in [-0.39, 0.29) is 10.7 Å². The lowest BCUT2D eigenvalue weighted by Crippen LogP contribution is -2.23.